The topological polar surface area (TPSA) is 68.0 Å². The van der Waals surface area contributed by atoms with E-state index in [1.54, 1.807) is 19.2 Å². The standard InChI is InChI=1S/C13H11F2N3O/c1-7-2-3-17-6-12(7)18-13(19)8-4-11(16)10(15)5-9(8)14/h2-6H,16H2,1H3,(H,18,19). The number of nitrogens with one attached hydrogen (secondary N) is 1. The minimum absolute atomic E-state index is 0.283. The van der Waals surface area contributed by atoms with Crippen molar-refractivity contribution in [2.24, 2.45) is 0 Å². The lowest BCUT2D eigenvalue weighted by Gasteiger charge is -2.09. The number of anilines is 2. The number of rotatable bonds is 2. The van der Waals surface area contributed by atoms with Gasteiger partial charge in [-0.15, -0.1) is 0 Å². The molecule has 0 saturated heterocycles. The first-order chi connectivity index (χ1) is 8.99. The summed E-state index contributed by atoms with van der Waals surface area (Å²) in [6.45, 7) is 1.77. The summed E-state index contributed by atoms with van der Waals surface area (Å²) in [7, 11) is 0. The lowest BCUT2D eigenvalue weighted by Crippen LogP contribution is -2.15. The molecule has 0 atom stereocenters. The van der Waals surface area contributed by atoms with E-state index < -0.39 is 17.5 Å². The van der Waals surface area contributed by atoms with Crippen LogP contribution in [0.1, 0.15) is 15.9 Å². The minimum atomic E-state index is -0.967. The molecule has 1 heterocycles. The van der Waals surface area contributed by atoms with E-state index in [-0.39, 0.29) is 11.3 Å². The maximum atomic E-state index is 13.5. The molecule has 2 aromatic rings. The fourth-order valence-corrected chi connectivity index (χ4v) is 1.52. The van der Waals surface area contributed by atoms with E-state index >= 15 is 0 Å². The molecule has 1 aromatic carbocycles. The van der Waals surface area contributed by atoms with Gasteiger partial charge < -0.3 is 11.1 Å². The highest BCUT2D eigenvalue weighted by molar-refractivity contribution is 6.05. The van der Waals surface area contributed by atoms with Crippen molar-refractivity contribution in [3.63, 3.8) is 0 Å². The van der Waals surface area contributed by atoms with Crippen molar-refractivity contribution in [1.29, 1.82) is 0 Å². The molecule has 0 radical (unpaired) electrons. The Labute approximate surface area is 108 Å². The summed E-state index contributed by atoms with van der Waals surface area (Å²) in [5.74, 6) is -2.57. The second-order valence-electron chi connectivity index (χ2n) is 4.00. The first-order valence-electron chi connectivity index (χ1n) is 5.45. The number of nitrogens with zero attached hydrogens (tertiary/aromatic N) is 1. The number of amides is 1. The molecular formula is C13H11F2N3O. The molecule has 0 bridgehead atoms. The van der Waals surface area contributed by atoms with Gasteiger partial charge in [0.15, 0.2) is 0 Å². The van der Waals surface area contributed by atoms with Gasteiger partial charge in [0, 0.05) is 12.3 Å². The van der Waals surface area contributed by atoms with Gasteiger partial charge >= 0.3 is 0 Å². The van der Waals surface area contributed by atoms with Gasteiger partial charge in [0.05, 0.1) is 23.1 Å². The van der Waals surface area contributed by atoms with Crippen molar-refractivity contribution >= 4 is 17.3 Å². The molecular weight excluding hydrogens is 252 g/mol. The Bertz CT molecular complexity index is 644. The maximum absolute atomic E-state index is 13.5. The van der Waals surface area contributed by atoms with Gasteiger partial charge in [-0.2, -0.15) is 0 Å². The van der Waals surface area contributed by atoms with Crippen LogP contribution in [-0.4, -0.2) is 10.9 Å². The van der Waals surface area contributed by atoms with E-state index in [2.05, 4.69) is 10.3 Å². The molecule has 19 heavy (non-hydrogen) atoms. The first kappa shape index (κ1) is 12.9. The van der Waals surface area contributed by atoms with E-state index in [1.807, 2.05) is 0 Å². The first-order valence-corrected chi connectivity index (χ1v) is 5.45. The Balaban J connectivity index is 2.31. The van der Waals surface area contributed by atoms with Gasteiger partial charge in [0.2, 0.25) is 0 Å². The summed E-state index contributed by atoms with van der Waals surface area (Å²) in [4.78, 5) is 15.7. The molecule has 4 nitrogen and oxygen atoms in total. The molecule has 3 N–H and O–H groups in total. The lowest BCUT2D eigenvalue weighted by molar-refractivity contribution is 0.102. The number of carbonyl (C=O) groups excluding carboxylic acids is 1. The predicted molar refractivity (Wildman–Crippen MR) is 67.7 cm³/mol. The van der Waals surface area contributed by atoms with Gasteiger partial charge in [-0.05, 0) is 24.6 Å². The van der Waals surface area contributed by atoms with Crippen LogP contribution in [0.4, 0.5) is 20.2 Å². The van der Waals surface area contributed by atoms with E-state index in [4.69, 9.17) is 5.73 Å². The second-order valence-corrected chi connectivity index (χ2v) is 4.00. The van der Waals surface area contributed by atoms with Crippen LogP contribution in [0.5, 0.6) is 0 Å². The maximum Gasteiger partial charge on any atom is 0.258 e. The molecule has 2 rings (SSSR count). The lowest BCUT2D eigenvalue weighted by atomic mass is 10.1. The number of benzene rings is 1. The van der Waals surface area contributed by atoms with Crippen LogP contribution in [-0.2, 0) is 0 Å². The predicted octanol–water partition coefficient (Wildman–Crippen LogP) is 2.50. The summed E-state index contributed by atoms with van der Waals surface area (Å²) in [6.07, 6.45) is 3.01. The van der Waals surface area contributed by atoms with Crippen molar-refractivity contribution < 1.29 is 13.6 Å². The summed E-state index contributed by atoms with van der Waals surface area (Å²) in [5, 5.41) is 2.49. The van der Waals surface area contributed by atoms with E-state index in [0.29, 0.717) is 11.8 Å². The van der Waals surface area contributed by atoms with Crippen molar-refractivity contribution in [3.8, 4) is 0 Å². The minimum Gasteiger partial charge on any atom is -0.396 e. The Kier molecular flexibility index (Phi) is 3.41. The highest BCUT2D eigenvalue weighted by Crippen LogP contribution is 2.19. The Morgan fingerprint density at radius 3 is 2.74 bits per heavy atom. The van der Waals surface area contributed by atoms with Crippen LogP contribution >= 0.6 is 0 Å². The molecule has 0 spiro atoms. The average molecular weight is 263 g/mol. The number of nitrogen functional groups attached to an aromatic ring is 1. The molecule has 0 fully saturated rings. The number of aryl methyl sites for hydroxylation is 1. The number of halogens is 2. The smallest absolute Gasteiger partial charge is 0.258 e. The van der Waals surface area contributed by atoms with Crippen LogP contribution in [0.25, 0.3) is 0 Å². The zero-order valence-corrected chi connectivity index (χ0v) is 10.1. The van der Waals surface area contributed by atoms with E-state index in [1.165, 1.54) is 6.20 Å². The van der Waals surface area contributed by atoms with Crippen LogP contribution in [0.3, 0.4) is 0 Å². The van der Waals surface area contributed by atoms with Crippen LogP contribution in [0.2, 0.25) is 0 Å². The van der Waals surface area contributed by atoms with Gasteiger partial charge in [-0.1, -0.05) is 0 Å². The van der Waals surface area contributed by atoms with Gasteiger partial charge in [-0.3, -0.25) is 9.78 Å². The average Bonchev–Trinajstić information content (AvgIpc) is 2.36. The molecule has 98 valence electrons. The summed E-state index contributed by atoms with van der Waals surface area (Å²) >= 11 is 0. The highest BCUT2D eigenvalue weighted by Gasteiger charge is 2.15. The third-order valence-electron chi connectivity index (χ3n) is 2.62. The molecule has 0 aliphatic carbocycles. The van der Waals surface area contributed by atoms with Gasteiger partial charge in [0.25, 0.3) is 5.91 Å². The van der Waals surface area contributed by atoms with Crippen LogP contribution in [0, 0.1) is 18.6 Å². The molecule has 1 aromatic heterocycles. The van der Waals surface area contributed by atoms with Crippen molar-refractivity contribution in [1.82, 2.24) is 4.98 Å². The molecule has 6 heteroatoms. The highest BCUT2D eigenvalue weighted by atomic mass is 19.1. The quantitative estimate of drug-likeness (QED) is 0.818. The van der Waals surface area contributed by atoms with Crippen molar-refractivity contribution in [2.45, 2.75) is 6.92 Å². The molecule has 1 amide bonds. The van der Waals surface area contributed by atoms with E-state index in [0.717, 1.165) is 11.6 Å². The number of aromatic nitrogens is 1. The summed E-state index contributed by atoms with van der Waals surface area (Å²) in [6, 6.07) is 3.25. The third-order valence-corrected chi connectivity index (χ3v) is 2.62. The van der Waals surface area contributed by atoms with Gasteiger partial charge in [-0.25, -0.2) is 8.78 Å². The Morgan fingerprint density at radius 2 is 2.05 bits per heavy atom. The third kappa shape index (κ3) is 2.67. The van der Waals surface area contributed by atoms with E-state index in [9.17, 15) is 13.6 Å². The largest absolute Gasteiger partial charge is 0.396 e. The normalized spacial score (nSPS) is 10.3. The van der Waals surface area contributed by atoms with Crippen LogP contribution < -0.4 is 11.1 Å². The number of carbonyl (C=O) groups is 1. The van der Waals surface area contributed by atoms with Crippen molar-refractivity contribution in [3.05, 3.63) is 53.4 Å². The molecule has 0 unspecified atom stereocenters. The molecule has 0 aliphatic heterocycles. The zero-order valence-electron chi connectivity index (χ0n) is 10.1. The molecule has 0 saturated carbocycles. The zero-order chi connectivity index (χ0) is 14.0. The van der Waals surface area contributed by atoms with Crippen LogP contribution in [0.15, 0.2) is 30.6 Å². The second kappa shape index (κ2) is 5.01. The van der Waals surface area contributed by atoms with Crippen molar-refractivity contribution in [2.75, 3.05) is 11.1 Å². The summed E-state index contributed by atoms with van der Waals surface area (Å²) < 4.78 is 26.5. The number of hydrogen-bond acceptors (Lipinski definition) is 3. The SMILES string of the molecule is Cc1ccncc1NC(=O)c1cc(N)c(F)cc1F. The fourth-order valence-electron chi connectivity index (χ4n) is 1.52. The number of pyridine rings is 1. The number of nitrogens with two attached hydrogens (primary N) is 1. The van der Waals surface area contributed by atoms with Gasteiger partial charge in [0.1, 0.15) is 11.6 Å². The summed E-state index contributed by atoms with van der Waals surface area (Å²) in [5.41, 5.74) is 5.95. The monoisotopic (exact) mass is 263 g/mol. The Morgan fingerprint density at radius 1 is 1.32 bits per heavy atom. The fraction of sp³-hybridized carbons (Fsp3) is 0.0769. The Hall–Kier alpha value is -2.50. The number of hydrogen-bond donors (Lipinski definition) is 2. The molecule has 0 aliphatic rings.